The molecule has 0 radical (unpaired) electrons. The lowest BCUT2D eigenvalue weighted by Crippen LogP contribution is -2.56. The Bertz CT molecular complexity index is 886. The third kappa shape index (κ3) is 3.35. The van der Waals surface area contributed by atoms with Crippen molar-refractivity contribution in [2.75, 3.05) is 28.4 Å². The number of carbonyl (C=O) groups is 4. The van der Waals surface area contributed by atoms with Gasteiger partial charge in [-0.2, -0.15) is 4.57 Å². The van der Waals surface area contributed by atoms with Crippen LogP contribution >= 0.6 is 0 Å². The molecular formula is C19H22NO8+. The lowest BCUT2D eigenvalue weighted by Gasteiger charge is -2.27. The number of ether oxygens (including phenoxy) is 4. The summed E-state index contributed by atoms with van der Waals surface area (Å²) in [6.07, 6.45) is 1.59. The fourth-order valence-electron chi connectivity index (χ4n) is 3.47. The minimum atomic E-state index is -1.33. The average molecular weight is 392 g/mol. The first-order valence-electron chi connectivity index (χ1n) is 8.32. The smallest absolute Gasteiger partial charge is 0.381 e. The van der Waals surface area contributed by atoms with Gasteiger partial charge in [-0.05, 0) is 19.9 Å². The van der Waals surface area contributed by atoms with E-state index in [1.807, 2.05) is 0 Å². The van der Waals surface area contributed by atoms with E-state index in [2.05, 4.69) is 0 Å². The number of methoxy groups -OCH3 is 4. The zero-order chi connectivity index (χ0) is 21.2. The summed E-state index contributed by atoms with van der Waals surface area (Å²) in [7, 11) is 4.53. The molecule has 1 aromatic heterocycles. The number of hydrogen-bond donors (Lipinski definition) is 0. The van der Waals surface area contributed by atoms with Crippen LogP contribution in [0.15, 0.2) is 23.4 Å². The van der Waals surface area contributed by atoms with E-state index in [9.17, 15) is 19.2 Å². The summed E-state index contributed by atoms with van der Waals surface area (Å²) in [4.78, 5) is 50.5. The molecule has 9 heteroatoms. The van der Waals surface area contributed by atoms with Gasteiger partial charge in [-0.15, -0.1) is 0 Å². The Balaban J connectivity index is 3.04. The molecule has 0 spiro atoms. The molecule has 0 fully saturated rings. The predicted octanol–water partition coefficient (Wildman–Crippen LogP) is 0.218. The maximum absolute atomic E-state index is 12.7. The molecule has 1 aliphatic heterocycles. The third-order valence-corrected chi connectivity index (χ3v) is 4.54. The summed E-state index contributed by atoms with van der Waals surface area (Å²) < 4.78 is 20.8. The normalized spacial score (nSPS) is 18.1. The number of rotatable bonds is 4. The lowest BCUT2D eigenvalue weighted by atomic mass is 9.81. The maximum Gasteiger partial charge on any atom is 0.381 e. The van der Waals surface area contributed by atoms with E-state index in [0.717, 1.165) is 34.0 Å². The largest absolute Gasteiger partial charge is 0.468 e. The molecule has 0 saturated heterocycles. The molecule has 0 N–H and O–H groups in total. The molecule has 0 amide bonds. The number of fused-ring (bicyclic) bond motifs is 1. The second kappa shape index (κ2) is 8.20. The van der Waals surface area contributed by atoms with E-state index in [0.29, 0.717) is 11.3 Å². The van der Waals surface area contributed by atoms with Gasteiger partial charge < -0.3 is 18.9 Å². The summed E-state index contributed by atoms with van der Waals surface area (Å²) in [5, 5.41) is 0. The van der Waals surface area contributed by atoms with E-state index in [1.54, 1.807) is 26.1 Å². The molecule has 2 atom stereocenters. The van der Waals surface area contributed by atoms with Crippen LogP contribution in [0.4, 0.5) is 0 Å². The first-order valence-corrected chi connectivity index (χ1v) is 8.32. The SMILES string of the molecule is COC(=O)C1=C(C(=O)OC)C(C(=O)OC)[n+]2cc(C)cc(C)c2C1C(=O)OC. The van der Waals surface area contributed by atoms with Gasteiger partial charge in [0.25, 0.3) is 6.04 Å². The topological polar surface area (TPSA) is 109 Å². The van der Waals surface area contributed by atoms with E-state index < -0.39 is 35.8 Å². The van der Waals surface area contributed by atoms with Crippen LogP contribution < -0.4 is 4.57 Å². The van der Waals surface area contributed by atoms with Crippen LogP contribution in [-0.2, 0) is 38.1 Å². The number of esters is 4. The lowest BCUT2D eigenvalue weighted by molar-refractivity contribution is -0.712. The Morgan fingerprint density at radius 1 is 0.821 bits per heavy atom. The Morgan fingerprint density at radius 2 is 1.36 bits per heavy atom. The summed E-state index contributed by atoms with van der Waals surface area (Å²) in [5.41, 5.74) is 1.06. The van der Waals surface area contributed by atoms with Crippen LogP contribution in [0.25, 0.3) is 0 Å². The predicted molar refractivity (Wildman–Crippen MR) is 93.0 cm³/mol. The highest BCUT2D eigenvalue weighted by Crippen LogP contribution is 2.38. The van der Waals surface area contributed by atoms with Crippen molar-refractivity contribution in [3.8, 4) is 0 Å². The second-order valence-electron chi connectivity index (χ2n) is 6.19. The maximum atomic E-state index is 12.7. The molecule has 1 aliphatic rings. The fourth-order valence-corrected chi connectivity index (χ4v) is 3.47. The van der Waals surface area contributed by atoms with E-state index in [1.165, 1.54) is 4.57 Å². The van der Waals surface area contributed by atoms with Crippen LogP contribution in [0.2, 0.25) is 0 Å². The molecule has 9 nitrogen and oxygen atoms in total. The third-order valence-electron chi connectivity index (χ3n) is 4.54. The number of carbonyl (C=O) groups excluding carboxylic acids is 4. The van der Waals surface area contributed by atoms with Gasteiger partial charge in [0.05, 0.1) is 34.0 Å². The van der Waals surface area contributed by atoms with Gasteiger partial charge in [0, 0.05) is 11.1 Å². The van der Waals surface area contributed by atoms with Crippen molar-refractivity contribution < 1.29 is 42.7 Å². The van der Waals surface area contributed by atoms with Gasteiger partial charge >= 0.3 is 23.9 Å². The Hall–Kier alpha value is -3.23. The number of hydrogen-bond acceptors (Lipinski definition) is 8. The molecule has 0 aromatic carbocycles. The molecule has 28 heavy (non-hydrogen) atoms. The average Bonchev–Trinajstić information content (AvgIpc) is 2.69. The van der Waals surface area contributed by atoms with E-state index >= 15 is 0 Å². The van der Waals surface area contributed by atoms with Crippen molar-refractivity contribution in [2.45, 2.75) is 25.8 Å². The molecule has 150 valence electrons. The van der Waals surface area contributed by atoms with Crippen LogP contribution in [0.1, 0.15) is 28.8 Å². The minimum Gasteiger partial charge on any atom is -0.468 e. The summed E-state index contributed by atoms with van der Waals surface area (Å²) in [6, 6.07) is 0.454. The van der Waals surface area contributed by atoms with Gasteiger partial charge in [0.15, 0.2) is 12.1 Å². The molecule has 2 heterocycles. The van der Waals surface area contributed by atoms with Gasteiger partial charge in [-0.25, -0.2) is 14.4 Å². The van der Waals surface area contributed by atoms with Gasteiger partial charge in [-0.3, -0.25) is 4.79 Å². The van der Waals surface area contributed by atoms with Crippen molar-refractivity contribution in [2.24, 2.45) is 0 Å². The molecule has 0 bridgehead atoms. The fraction of sp³-hybridized carbons (Fsp3) is 0.421. The molecular weight excluding hydrogens is 370 g/mol. The molecule has 0 saturated carbocycles. The monoisotopic (exact) mass is 392 g/mol. The van der Waals surface area contributed by atoms with Gasteiger partial charge in [-0.1, -0.05) is 0 Å². The van der Waals surface area contributed by atoms with Crippen molar-refractivity contribution in [3.05, 3.63) is 40.2 Å². The Morgan fingerprint density at radius 3 is 1.86 bits per heavy atom. The minimum absolute atomic E-state index is 0.316. The molecule has 2 rings (SSSR count). The van der Waals surface area contributed by atoms with Crippen LogP contribution in [0.5, 0.6) is 0 Å². The number of aryl methyl sites for hydroxylation is 2. The van der Waals surface area contributed by atoms with Crippen LogP contribution in [0, 0.1) is 13.8 Å². The highest BCUT2D eigenvalue weighted by Gasteiger charge is 2.54. The molecule has 1 aromatic rings. The van der Waals surface area contributed by atoms with Crippen molar-refractivity contribution in [1.82, 2.24) is 0 Å². The standard InChI is InChI=1S/C19H22NO8/c1-9-7-10(2)14-12(17(22)26-4)11(16(21)25-3)13(18(23)27-5)15(19(24)28-6)20(14)8-9/h7-8,12,15H,1-6H3/q+1. The van der Waals surface area contributed by atoms with Crippen molar-refractivity contribution in [1.29, 1.82) is 0 Å². The quantitative estimate of drug-likeness (QED) is 0.407. The summed E-state index contributed by atoms with van der Waals surface area (Å²) >= 11 is 0. The summed E-state index contributed by atoms with van der Waals surface area (Å²) in [5.74, 6) is -4.78. The van der Waals surface area contributed by atoms with Crippen molar-refractivity contribution in [3.63, 3.8) is 0 Å². The second-order valence-corrected chi connectivity index (χ2v) is 6.19. The zero-order valence-electron chi connectivity index (χ0n) is 16.5. The van der Waals surface area contributed by atoms with Crippen LogP contribution in [-0.4, -0.2) is 52.3 Å². The highest BCUT2D eigenvalue weighted by molar-refractivity contribution is 6.08. The number of aromatic nitrogens is 1. The van der Waals surface area contributed by atoms with Gasteiger partial charge in [0.2, 0.25) is 5.69 Å². The first kappa shape index (κ1) is 21.1. The summed E-state index contributed by atoms with van der Waals surface area (Å²) in [6.45, 7) is 3.51. The van der Waals surface area contributed by atoms with Crippen LogP contribution in [0.3, 0.4) is 0 Å². The van der Waals surface area contributed by atoms with Gasteiger partial charge in [0.1, 0.15) is 5.57 Å². The zero-order valence-corrected chi connectivity index (χ0v) is 16.5. The number of pyridine rings is 1. The Kier molecular flexibility index (Phi) is 6.17. The van der Waals surface area contributed by atoms with E-state index in [-0.39, 0.29) is 11.1 Å². The first-order chi connectivity index (χ1) is 13.2. The Labute approximate surface area is 161 Å². The van der Waals surface area contributed by atoms with Crippen molar-refractivity contribution >= 4 is 23.9 Å². The van der Waals surface area contributed by atoms with E-state index in [4.69, 9.17) is 18.9 Å². The number of nitrogens with zero attached hydrogens (tertiary/aromatic N) is 1. The molecule has 0 aliphatic carbocycles. The highest BCUT2D eigenvalue weighted by atomic mass is 16.5. The molecule has 2 unspecified atom stereocenters.